The van der Waals surface area contributed by atoms with Crippen molar-refractivity contribution in [2.45, 2.75) is 51.3 Å². The van der Waals surface area contributed by atoms with E-state index in [4.69, 9.17) is 15.2 Å². The first-order chi connectivity index (χ1) is 21.2. The first-order valence-electron chi connectivity index (χ1n) is 14.6. The van der Waals surface area contributed by atoms with Gasteiger partial charge in [-0.05, 0) is 43.9 Å². The van der Waals surface area contributed by atoms with Gasteiger partial charge in [-0.1, -0.05) is 72.8 Å². The van der Waals surface area contributed by atoms with Gasteiger partial charge in [0.05, 0.1) is 34.1 Å². The van der Waals surface area contributed by atoms with Crippen molar-refractivity contribution in [1.29, 1.82) is 0 Å². The number of likely N-dealkylation sites (tertiary alicyclic amines) is 1. The second kappa shape index (κ2) is 13.1. The Bertz CT molecular complexity index is 1560. The van der Waals surface area contributed by atoms with Crippen molar-refractivity contribution in [3.8, 4) is 0 Å². The van der Waals surface area contributed by atoms with Gasteiger partial charge in [0.1, 0.15) is 12.4 Å². The fourth-order valence-corrected chi connectivity index (χ4v) is 5.86. The normalized spacial score (nSPS) is 18.6. The third-order valence-corrected chi connectivity index (χ3v) is 7.95. The topological polar surface area (TPSA) is 137 Å². The molecule has 10 heteroatoms. The minimum atomic E-state index is -1.03. The van der Waals surface area contributed by atoms with Crippen LogP contribution in [0.4, 0.5) is 5.69 Å². The number of carbonyl (C=O) groups is 2. The van der Waals surface area contributed by atoms with Crippen LogP contribution in [0.3, 0.4) is 0 Å². The third-order valence-electron chi connectivity index (χ3n) is 7.95. The Kier molecular flexibility index (Phi) is 9.10. The lowest BCUT2D eigenvalue weighted by Gasteiger charge is -2.46. The van der Waals surface area contributed by atoms with Gasteiger partial charge in [0.15, 0.2) is 0 Å². The zero-order valence-corrected chi connectivity index (χ0v) is 24.9. The van der Waals surface area contributed by atoms with Crippen molar-refractivity contribution in [1.82, 2.24) is 10.2 Å². The number of esters is 2. The molecule has 2 aliphatic heterocycles. The Morgan fingerprint density at radius 1 is 0.977 bits per heavy atom. The van der Waals surface area contributed by atoms with E-state index in [2.05, 4.69) is 34.5 Å². The minimum Gasteiger partial charge on any atom is -0.461 e. The quantitative estimate of drug-likeness (QED) is 0.186. The Balaban J connectivity index is 1.43. The lowest BCUT2D eigenvalue weighted by molar-refractivity contribution is -0.384. The van der Waals surface area contributed by atoms with E-state index in [0.29, 0.717) is 11.3 Å². The van der Waals surface area contributed by atoms with Crippen LogP contribution < -0.4 is 11.1 Å². The molecule has 3 N–H and O–H groups in total. The second-order valence-electron chi connectivity index (χ2n) is 11.2. The summed E-state index contributed by atoms with van der Waals surface area (Å²) < 4.78 is 11.4. The van der Waals surface area contributed by atoms with Gasteiger partial charge in [-0.15, -0.1) is 0 Å². The lowest BCUT2D eigenvalue weighted by Crippen LogP contribution is -2.52. The molecule has 5 rings (SSSR count). The summed E-state index contributed by atoms with van der Waals surface area (Å²) in [5.41, 5.74) is 9.35. The van der Waals surface area contributed by atoms with Crippen LogP contribution in [0.2, 0.25) is 0 Å². The third kappa shape index (κ3) is 6.35. The fraction of sp³-hybridized carbons (Fsp3) is 0.294. The van der Waals surface area contributed by atoms with Gasteiger partial charge in [0, 0.05) is 30.4 Å². The average Bonchev–Trinajstić information content (AvgIpc) is 2.99. The number of allylic oxidation sites excluding steroid dienone is 1. The molecule has 0 amide bonds. The second-order valence-corrected chi connectivity index (χ2v) is 11.2. The summed E-state index contributed by atoms with van der Waals surface area (Å²) in [4.78, 5) is 40.6. The molecule has 1 saturated heterocycles. The highest BCUT2D eigenvalue weighted by molar-refractivity contribution is 6.00. The van der Waals surface area contributed by atoms with E-state index in [0.717, 1.165) is 24.1 Å². The number of carbonyl (C=O) groups excluding carboxylic acids is 2. The molecule has 0 bridgehead atoms. The van der Waals surface area contributed by atoms with Gasteiger partial charge in [0.2, 0.25) is 0 Å². The molecule has 0 saturated carbocycles. The molecule has 0 radical (unpaired) electrons. The first kappa shape index (κ1) is 30.5. The van der Waals surface area contributed by atoms with Crippen LogP contribution in [-0.2, 0) is 19.1 Å². The number of non-ortho nitro benzene ring substituents is 1. The standard InChI is InChI=1S/C34H36N4O6/c1-21(2)44-34(40)28-22(3)36-32(35)30(29(28)25-15-10-16-26(19-25)38(41)42)33(39)43-20-27-17-18-37(27)31(23-11-6-4-7-12-23)24-13-8-5-9-14-24/h4-16,19,21,27,29,31,36H,17-18,20,35H2,1-3H3. The number of nitrogens with two attached hydrogens (primary N) is 1. The van der Waals surface area contributed by atoms with Crippen LogP contribution in [0.25, 0.3) is 0 Å². The number of benzene rings is 3. The number of nitro benzene ring substituents is 1. The van der Waals surface area contributed by atoms with Crippen molar-refractivity contribution in [2.24, 2.45) is 5.73 Å². The van der Waals surface area contributed by atoms with Gasteiger partial charge < -0.3 is 20.5 Å². The molecule has 2 atom stereocenters. The van der Waals surface area contributed by atoms with Crippen molar-refractivity contribution in [3.63, 3.8) is 0 Å². The smallest absolute Gasteiger partial charge is 0.338 e. The molecule has 0 aromatic heterocycles. The average molecular weight is 597 g/mol. The number of nitro groups is 1. The zero-order chi connectivity index (χ0) is 31.4. The van der Waals surface area contributed by atoms with E-state index < -0.39 is 28.9 Å². The number of nitrogens with one attached hydrogen (secondary N) is 1. The Labute approximate surface area is 256 Å². The van der Waals surface area contributed by atoms with E-state index in [1.807, 2.05) is 36.4 Å². The number of dihydropyridines is 1. The highest BCUT2D eigenvalue weighted by Crippen LogP contribution is 2.40. The molecule has 2 aliphatic rings. The highest BCUT2D eigenvalue weighted by Gasteiger charge is 2.41. The zero-order valence-electron chi connectivity index (χ0n) is 24.9. The summed E-state index contributed by atoms with van der Waals surface area (Å²) in [6.07, 6.45) is 0.397. The van der Waals surface area contributed by atoms with Gasteiger partial charge >= 0.3 is 11.9 Å². The summed E-state index contributed by atoms with van der Waals surface area (Å²) in [7, 11) is 0. The largest absolute Gasteiger partial charge is 0.461 e. The van der Waals surface area contributed by atoms with Gasteiger partial charge in [0.25, 0.3) is 5.69 Å². The molecular weight excluding hydrogens is 560 g/mol. The van der Waals surface area contributed by atoms with Crippen molar-refractivity contribution in [2.75, 3.05) is 13.2 Å². The Hall–Kier alpha value is -4.96. The summed E-state index contributed by atoms with van der Waals surface area (Å²) in [5.74, 6) is -2.38. The minimum absolute atomic E-state index is 0.000321. The summed E-state index contributed by atoms with van der Waals surface area (Å²) in [6, 6.07) is 26.1. The molecule has 44 heavy (non-hydrogen) atoms. The molecule has 1 fully saturated rings. The molecule has 2 heterocycles. The van der Waals surface area contributed by atoms with Gasteiger partial charge in [-0.25, -0.2) is 9.59 Å². The van der Waals surface area contributed by atoms with Crippen LogP contribution in [-0.4, -0.2) is 47.1 Å². The maximum atomic E-state index is 13.8. The lowest BCUT2D eigenvalue weighted by atomic mass is 9.81. The molecule has 10 nitrogen and oxygen atoms in total. The summed E-state index contributed by atoms with van der Waals surface area (Å²) >= 11 is 0. The van der Waals surface area contributed by atoms with E-state index in [-0.39, 0.29) is 41.3 Å². The number of rotatable bonds is 10. The molecule has 3 aromatic rings. The number of ether oxygens (including phenoxy) is 2. The predicted octanol–water partition coefficient (Wildman–Crippen LogP) is 5.08. The van der Waals surface area contributed by atoms with E-state index >= 15 is 0 Å². The monoisotopic (exact) mass is 596 g/mol. The maximum Gasteiger partial charge on any atom is 0.338 e. The van der Waals surface area contributed by atoms with Crippen LogP contribution in [0.5, 0.6) is 0 Å². The maximum absolute atomic E-state index is 13.8. The van der Waals surface area contributed by atoms with E-state index in [1.54, 1.807) is 26.8 Å². The predicted molar refractivity (Wildman–Crippen MR) is 165 cm³/mol. The number of hydrogen-bond donors (Lipinski definition) is 2. The van der Waals surface area contributed by atoms with E-state index in [9.17, 15) is 19.7 Å². The summed E-state index contributed by atoms with van der Waals surface area (Å²) in [5, 5.41) is 14.5. The van der Waals surface area contributed by atoms with E-state index in [1.165, 1.54) is 18.2 Å². The van der Waals surface area contributed by atoms with Crippen LogP contribution in [0.15, 0.2) is 108 Å². The Morgan fingerprint density at radius 3 is 2.16 bits per heavy atom. The van der Waals surface area contributed by atoms with Crippen LogP contribution >= 0.6 is 0 Å². The SMILES string of the molecule is CC1=C(C(=O)OC(C)C)C(c2cccc([N+](=O)[O-])c2)C(C(=O)OCC2CCN2C(c2ccccc2)c2ccccc2)=C(N)N1. The molecule has 2 unspecified atom stereocenters. The highest BCUT2D eigenvalue weighted by atomic mass is 16.6. The molecular formula is C34H36N4O6. The van der Waals surface area contributed by atoms with Crippen molar-refractivity contribution < 1.29 is 24.0 Å². The molecule has 0 spiro atoms. The van der Waals surface area contributed by atoms with Gasteiger partial charge in [-0.3, -0.25) is 15.0 Å². The molecule has 3 aromatic carbocycles. The van der Waals surface area contributed by atoms with Crippen molar-refractivity contribution >= 4 is 17.6 Å². The van der Waals surface area contributed by atoms with Crippen LogP contribution in [0, 0.1) is 10.1 Å². The molecule has 0 aliphatic carbocycles. The van der Waals surface area contributed by atoms with Gasteiger partial charge in [-0.2, -0.15) is 0 Å². The van der Waals surface area contributed by atoms with Crippen LogP contribution in [0.1, 0.15) is 55.8 Å². The first-order valence-corrected chi connectivity index (χ1v) is 14.6. The Morgan fingerprint density at radius 2 is 1.61 bits per heavy atom. The number of hydrogen-bond acceptors (Lipinski definition) is 9. The molecule has 228 valence electrons. The number of nitrogens with zero attached hydrogens (tertiary/aromatic N) is 2. The summed E-state index contributed by atoms with van der Waals surface area (Å²) in [6.45, 7) is 6.01. The fourth-order valence-electron chi connectivity index (χ4n) is 5.86. The van der Waals surface area contributed by atoms with Crippen molar-refractivity contribution in [3.05, 3.63) is 134 Å².